The van der Waals surface area contributed by atoms with Gasteiger partial charge in [0.05, 0.1) is 11.5 Å². The molecule has 2 aliphatic rings. The quantitative estimate of drug-likeness (QED) is 0.753. The molecule has 1 saturated heterocycles. The molecule has 1 aromatic carbocycles. The Morgan fingerprint density at radius 3 is 2.70 bits per heavy atom. The van der Waals surface area contributed by atoms with Crippen molar-refractivity contribution in [2.45, 2.75) is 56.4 Å². The second kappa shape index (κ2) is 8.85. The number of nitrogens with one attached hydrogen (secondary N) is 1. The summed E-state index contributed by atoms with van der Waals surface area (Å²) < 4.78 is 47.4. The lowest BCUT2D eigenvalue weighted by Gasteiger charge is -2.34. The van der Waals surface area contributed by atoms with Gasteiger partial charge in [0, 0.05) is 30.4 Å². The van der Waals surface area contributed by atoms with Crippen molar-refractivity contribution >= 4 is 15.8 Å². The van der Waals surface area contributed by atoms with Gasteiger partial charge >= 0.3 is 0 Å². The maximum absolute atomic E-state index is 14.1. The average Bonchev–Trinajstić information content (AvgIpc) is 2.75. The van der Waals surface area contributed by atoms with Gasteiger partial charge < -0.3 is 9.64 Å². The molecule has 0 amide bonds. The Labute approximate surface area is 176 Å². The molecule has 1 aromatic heterocycles. The number of rotatable bonds is 6. The smallest absolute Gasteiger partial charge is 0.240 e. The van der Waals surface area contributed by atoms with Crippen LogP contribution in [0, 0.1) is 5.82 Å². The Bertz CT molecular complexity index is 1010. The monoisotopic (exact) mass is 434 g/mol. The SMILES string of the molecule is CCOc1ccc(S(=O)(=O)NC2CCN(c3ncnc4c3CCCC4)CC2)cc1F. The van der Waals surface area contributed by atoms with E-state index in [1.807, 2.05) is 0 Å². The van der Waals surface area contributed by atoms with Crippen LogP contribution in [-0.2, 0) is 22.9 Å². The number of halogens is 1. The fourth-order valence-electron chi connectivity index (χ4n) is 4.19. The molecule has 0 atom stereocenters. The van der Waals surface area contributed by atoms with E-state index in [0.29, 0.717) is 32.5 Å². The predicted molar refractivity (Wildman–Crippen MR) is 112 cm³/mol. The zero-order chi connectivity index (χ0) is 21.1. The normalized spacial score (nSPS) is 17.6. The maximum Gasteiger partial charge on any atom is 0.240 e. The van der Waals surface area contributed by atoms with Crippen LogP contribution in [0.3, 0.4) is 0 Å². The third-order valence-electron chi connectivity index (χ3n) is 5.73. The third-order valence-corrected chi connectivity index (χ3v) is 7.25. The second-order valence-electron chi connectivity index (χ2n) is 7.74. The highest BCUT2D eigenvalue weighted by Crippen LogP contribution is 2.29. The highest BCUT2D eigenvalue weighted by molar-refractivity contribution is 7.89. The van der Waals surface area contributed by atoms with Gasteiger partial charge in [-0.25, -0.2) is 27.5 Å². The molecule has 1 fully saturated rings. The second-order valence-corrected chi connectivity index (χ2v) is 9.45. The number of benzene rings is 1. The maximum atomic E-state index is 14.1. The molecule has 0 radical (unpaired) electrons. The lowest BCUT2D eigenvalue weighted by atomic mass is 9.95. The first-order chi connectivity index (χ1) is 14.5. The summed E-state index contributed by atoms with van der Waals surface area (Å²) in [6.07, 6.45) is 7.28. The Morgan fingerprint density at radius 1 is 1.20 bits per heavy atom. The molecule has 1 aliphatic carbocycles. The molecule has 2 aromatic rings. The molecule has 2 heterocycles. The van der Waals surface area contributed by atoms with Crippen LogP contribution >= 0.6 is 0 Å². The van der Waals surface area contributed by atoms with E-state index in [4.69, 9.17) is 4.74 Å². The minimum absolute atomic E-state index is 0.0536. The summed E-state index contributed by atoms with van der Waals surface area (Å²) in [5.74, 6) is 0.371. The van der Waals surface area contributed by atoms with Crippen molar-refractivity contribution in [1.82, 2.24) is 14.7 Å². The van der Waals surface area contributed by atoms with Crippen LogP contribution in [0.1, 0.15) is 43.9 Å². The van der Waals surface area contributed by atoms with E-state index in [1.54, 1.807) is 13.3 Å². The number of hydrogen-bond donors (Lipinski definition) is 1. The Kier molecular flexibility index (Phi) is 6.19. The van der Waals surface area contributed by atoms with Gasteiger partial charge in [0.15, 0.2) is 11.6 Å². The van der Waals surface area contributed by atoms with E-state index in [-0.39, 0.29) is 16.7 Å². The van der Waals surface area contributed by atoms with Crippen molar-refractivity contribution in [3.63, 3.8) is 0 Å². The molecule has 0 saturated carbocycles. The number of anilines is 1. The molecule has 30 heavy (non-hydrogen) atoms. The molecular formula is C21H27FN4O3S. The Balaban J connectivity index is 1.41. The number of fused-ring (bicyclic) bond motifs is 1. The molecule has 1 aliphatic heterocycles. The molecule has 4 rings (SSSR count). The number of nitrogens with zero attached hydrogens (tertiary/aromatic N) is 3. The van der Waals surface area contributed by atoms with Crippen molar-refractivity contribution in [2.24, 2.45) is 0 Å². The van der Waals surface area contributed by atoms with Crippen LogP contribution in [0.15, 0.2) is 29.4 Å². The van der Waals surface area contributed by atoms with E-state index in [0.717, 1.165) is 36.8 Å². The first kappa shape index (κ1) is 21.0. The van der Waals surface area contributed by atoms with Crippen molar-refractivity contribution in [3.05, 3.63) is 41.6 Å². The Hall–Kier alpha value is -2.26. The summed E-state index contributed by atoms with van der Waals surface area (Å²) >= 11 is 0. The molecule has 162 valence electrons. The number of piperidine rings is 1. The Morgan fingerprint density at radius 2 is 1.97 bits per heavy atom. The highest BCUT2D eigenvalue weighted by Gasteiger charge is 2.28. The number of sulfonamides is 1. The molecule has 0 unspecified atom stereocenters. The van der Waals surface area contributed by atoms with Gasteiger partial charge in [0.25, 0.3) is 0 Å². The van der Waals surface area contributed by atoms with Crippen molar-refractivity contribution in [2.75, 3.05) is 24.6 Å². The van der Waals surface area contributed by atoms with E-state index in [1.165, 1.54) is 24.1 Å². The molecular weight excluding hydrogens is 407 g/mol. The minimum atomic E-state index is -3.80. The van der Waals surface area contributed by atoms with Crippen LogP contribution in [-0.4, -0.2) is 44.1 Å². The number of hydrogen-bond acceptors (Lipinski definition) is 6. The largest absolute Gasteiger partial charge is 0.491 e. The molecule has 9 heteroatoms. The first-order valence-corrected chi connectivity index (χ1v) is 12.0. The average molecular weight is 435 g/mol. The zero-order valence-electron chi connectivity index (χ0n) is 17.1. The van der Waals surface area contributed by atoms with Gasteiger partial charge in [0.1, 0.15) is 12.1 Å². The van der Waals surface area contributed by atoms with E-state index >= 15 is 0 Å². The van der Waals surface area contributed by atoms with Gasteiger partial charge in [-0.1, -0.05) is 0 Å². The van der Waals surface area contributed by atoms with Crippen LogP contribution in [0.5, 0.6) is 5.75 Å². The standard InChI is InChI=1S/C21H27FN4O3S/c1-2-29-20-8-7-16(13-18(20)22)30(27,28)25-15-9-11-26(12-10-15)21-17-5-3-4-6-19(17)23-14-24-21/h7-8,13-15,25H,2-6,9-12H2,1H3. The number of ether oxygens (including phenoxy) is 1. The van der Waals surface area contributed by atoms with E-state index in [9.17, 15) is 12.8 Å². The van der Waals surface area contributed by atoms with E-state index < -0.39 is 15.8 Å². The summed E-state index contributed by atoms with van der Waals surface area (Å²) in [6, 6.07) is 3.54. The summed E-state index contributed by atoms with van der Waals surface area (Å²) in [5.41, 5.74) is 2.39. The lowest BCUT2D eigenvalue weighted by Crippen LogP contribution is -2.45. The zero-order valence-corrected chi connectivity index (χ0v) is 17.9. The molecule has 1 N–H and O–H groups in total. The topological polar surface area (TPSA) is 84.4 Å². The third kappa shape index (κ3) is 4.41. The van der Waals surface area contributed by atoms with E-state index in [2.05, 4.69) is 19.6 Å². The van der Waals surface area contributed by atoms with Crippen LogP contribution < -0.4 is 14.4 Å². The van der Waals surface area contributed by atoms with Gasteiger partial charge in [-0.2, -0.15) is 0 Å². The first-order valence-electron chi connectivity index (χ1n) is 10.5. The molecule has 0 bridgehead atoms. The fourth-order valence-corrected chi connectivity index (χ4v) is 5.51. The number of aryl methyl sites for hydroxylation is 1. The van der Waals surface area contributed by atoms with Crippen LogP contribution in [0.4, 0.5) is 10.2 Å². The summed E-state index contributed by atoms with van der Waals surface area (Å²) in [4.78, 5) is 11.1. The summed E-state index contributed by atoms with van der Waals surface area (Å²) in [7, 11) is -3.80. The summed E-state index contributed by atoms with van der Waals surface area (Å²) in [6.45, 7) is 3.49. The van der Waals surface area contributed by atoms with Gasteiger partial charge in [-0.3, -0.25) is 0 Å². The lowest BCUT2D eigenvalue weighted by molar-refractivity contribution is 0.321. The fraction of sp³-hybridized carbons (Fsp3) is 0.524. The van der Waals surface area contributed by atoms with Crippen molar-refractivity contribution in [3.8, 4) is 5.75 Å². The highest BCUT2D eigenvalue weighted by atomic mass is 32.2. The van der Waals surface area contributed by atoms with Gasteiger partial charge in [0.2, 0.25) is 10.0 Å². The minimum Gasteiger partial charge on any atom is -0.491 e. The number of aromatic nitrogens is 2. The summed E-state index contributed by atoms with van der Waals surface area (Å²) in [5, 5.41) is 0. The van der Waals surface area contributed by atoms with Crippen molar-refractivity contribution in [1.29, 1.82) is 0 Å². The molecule has 7 nitrogen and oxygen atoms in total. The molecule has 0 spiro atoms. The van der Waals surface area contributed by atoms with Crippen LogP contribution in [0.2, 0.25) is 0 Å². The van der Waals surface area contributed by atoms with Crippen molar-refractivity contribution < 1.29 is 17.5 Å². The van der Waals surface area contributed by atoms with Crippen LogP contribution in [0.25, 0.3) is 0 Å². The predicted octanol–water partition coefficient (Wildman–Crippen LogP) is 2.84. The van der Waals surface area contributed by atoms with Gasteiger partial charge in [-0.15, -0.1) is 0 Å². The van der Waals surface area contributed by atoms with Gasteiger partial charge in [-0.05, 0) is 63.6 Å².